The molecule has 0 aliphatic heterocycles. The van der Waals surface area contributed by atoms with Crippen LogP contribution >= 0.6 is 0 Å². The number of carboxylic acids is 1. The topological polar surface area (TPSA) is 53.4 Å². The molecule has 0 unspecified atom stereocenters. The summed E-state index contributed by atoms with van der Waals surface area (Å²) in [5.41, 5.74) is 3.90. The van der Waals surface area contributed by atoms with E-state index in [4.69, 9.17) is 0 Å². The Hall–Kier alpha value is -2.36. The van der Waals surface area contributed by atoms with Crippen molar-refractivity contribution in [1.29, 1.82) is 0 Å². The molecule has 0 fully saturated rings. The van der Waals surface area contributed by atoms with E-state index in [1.807, 2.05) is 37.9 Å². The van der Waals surface area contributed by atoms with Gasteiger partial charge in [-0.05, 0) is 37.6 Å². The van der Waals surface area contributed by atoms with Crippen LogP contribution in [0.4, 0.5) is 11.4 Å². The molecule has 0 radical (unpaired) electrons. The second-order valence-electron chi connectivity index (χ2n) is 4.53. The summed E-state index contributed by atoms with van der Waals surface area (Å²) < 4.78 is 0. The summed E-state index contributed by atoms with van der Waals surface area (Å²) >= 11 is 0. The molecule has 0 bridgehead atoms. The zero-order chi connectivity index (χ0) is 14.0. The van der Waals surface area contributed by atoms with E-state index in [1.54, 1.807) is 12.1 Å². The van der Waals surface area contributed by atoms with Crippen LogP contribution in [0.5, 0.6) is 0 Å². The molecule has 0 amide bonds. The van der Waals surface area contributed by atoms with E-state index in [1.165, 1.54) is 11.8 Å². The summed E-state index contributed by atoms with van der Waals surface area (Å²) in [7, 11) is 1.85. The van der Waals surface area contributed by atoms with Crippen molar-refractivity contribution in [2.24, 2.45) is 0 Å². The first kappa shape index (κ1) is 13.1. The predicted molar refractivity (Wildman–Crippen MR) is 75.2 cm³/mol. The lowest BCUT2D eigenvalue weighted by Crippen LogP contribution is -2.16. The van der Waals surface area contributed by atoms with Crippen molar-refractivity contribution in [3.63, 3.8) is 0 Å². The number of pyridine rings is 1. The zero-order valence-electron chi connectivity index (χ0n) is 11.2. The Labute approximate surface area is 112 Å². The molecule has 1 N–H and O–H groups in total. The quantitative estimate of drug-likeness (QED) is 0.916. The molecule has 19 heavy (non-hydrogen) atoms. The van der Waals surface area contributed by atoms with E-state index in [9.17, 15) is 9.90 Å². The molecule has 0 atom stereocenters. The number of rotatable bonds is 3. The molecule has 1 heterocycles. The SMILES string of the molecule is Cc1ccc(N(C)c2cccnc2C(=O)O)c(C)c1. The zero-order valence-corrected chi connectivity index (χ0v) is 11.2. The molecule has 0 saturated carbocycles. The van der Waals surface area contributed by atoms with Gasteiger partial charge >= 0.3 is 5.97 Å². The number of anilines is 2. The normalized spacial score (nSPS) is 10.3. The number of carboxylic acid groups (broad SMARTS) is 1. The molecular weight excluding hydrogens is 240 g/mol. The highest BCUT2D eigenvalue weighted by Gasteiger charge is 2.16. The van der Waals surface area contributed by atoms with E-state index in [-0.39, 0.29) is 5.69 Å². The third-order valence-corrected chi connectivity index (χ3v) is 3.06. The van der Waals surface area contributed by atoms with Gasteiger partial charge in [-0.15, -0.1) is 0 Å². The summed E-state index contributed by atoms with van der Waals surface area (Å²) in [6.07, 6.45) is 1.49. The number of aromatic carboxylic acids is 1. The lowest BCUT2D eigenvalue weighted by atomic mass is 10.1. The fourth-order valence-electron chi connectivity index (χ4n) is 2.14. The highest BCUT2D eigenvalue weighted by molar-refractivity contribution is 5.93. The number of nitrogens with zero attached hydrogens (tertiary/aromatic N) is 2. The first-order chi connectivity index (χ1) is 9.00. The Kier molecular flexibility index (Phi) is 3.51. The van der Waals surface area contributed by atoms with Gasteiger partial charge < -0.3 is 10.0 Å². The minimum atomic E-state index is -1.02. The van der Waals surface area contributed by atoms with E-state index in [2.05, 4.69) is 11.1 Å². The Morgan fingerprint density at radius 2 is 1.95 bits per heavy atom. The Morgan fingerprint density at radius 3 is 2.58 bits per heavy atom. The van der Waals surface area contributed by atoms with Gasteiger partial charge in [-0.2, -0.15) is 0 Å². The molecular formula is C15H16N2O2. The van der Waals surface area contributed by atoms with Crippen molar-refractivity contribution in [3.05, 3.63) is 53.3 Å². The molecule has 0 spiro atoms. The van der Waals surface area contributed by atoms with Crippen molar-refractivity contribution in [3.8, 4) is 0 Å². The van der Waals surface area contributed by atoms with Crippen LogP contribution in [-0.2, 0) is 0 Å². The average molecular weight is 256 g/mol. The Bertz CT molecular complexity index is 623. The maximum atomic E-state index is 11.2. The molecule has 4 heteroatoms. The number of hydrogen-bond acceptors (Lipinski definition) is 3. The van der Waals surface area contributed by atoms with Crippen molar-refractivity contribution in [2.75, 3.05) is 11.9 Å². The lowest BCUT2D eigenvalue weighted by molar-refractivity contribution is 0.0691. The van der Waals surface area contributed by atoms with Gasteiger partial charge in [0.15, 0.2) is 5.69 Å². The van der Waals surface area contributed by atoms with Crippen LogP contribution in [0.1, 0.15) is 21.6 Å². The fraction of sp³-hybridized carbons (Fsp3) is 0.200. The van der Waals surface area contributed by atoms with Crippen LogP contribution in [-0.4, -0.2) is 23.1 Å². The number of aryl methyl sites for hydroxylation is 2. The summed E-state index contributed by atoms with van der Waals surface area (Å²) in [6, 6.07) is 9.57. The smallest absolute Gasteiger partial charge is 0.356 e. The molecule has 1 aromatic heterocycles. The second-order valence-corrected chi connectivity index (χ2v) is 4.53. The van der Waals surface area contributed by atoms with Crippen molar-refractivity contribution >= 4 is 17.3 Å². The minimum absolute atomic E-state index is 0.0602. The molecule has 1 aromatic carbocycles. The van der Waals surface area contributed by atoms with Gasteiger partial charge in [-0.1, -0.05) is 17.7 Å². The Balaban J connectivity index is 2.50. The van der Waals surface area contributed by atoms with Crippen LogP contribution in [0.2, 0.25) is 0 Å². The highest BCUT2D eigenvalue weighted by Crippen LogP contribution is 2.28. The van der Waals surface area contributed by atoms with E-state index in [0.29, 0.717) is 5.69 Å². The second kappa shape index (κ2) is 5.10. The van der Waals surface area contributed by atoms with Gasteiger partial charge in [-0.25, -0.2) is 9.78 Å². The minimum Gasteiger partial charge on any atom is -0.476 e. The largest absolute Gasteiger partial charge is 0.476 e. The molecule has 2 rings (SSSR count). The predicted octanol–water partition coefficient (Wildman–Crippen LogP) is 3.16. The monoisotopic (exact) mass is 256 g/mol. The maximum absolute atomic E-state index is 11.2. The van der Waals surface area contributed by atoms with Crippen LogP contribution in [0.15, 0.2) is 36.5 Å². The van der Waals surface area contributed by atoms with Crippen LogP contribution < -0.4 is 4.90 Å². The number of aromatic nitrogens is 1. The molecule has 98 valence electrons. The van der Waals surface area contributed by atoms with Crippen molar-refractivity contribution in [1.82, 2.24) is 4.98 Å². The van der Waals surface area contributed by atoms with Crippen molar-refractivity contribution in [2.45, 2.75) is 13.8 Å². The number of carbonyl (C=O) groups is 1. The molecule has 4 nitrogen and oxygen atoms in total. The summed E-state index contributed by atoms with van der Waals surface area (Å²) in [5, 5.41) is 9.19. The molecule has 0 aliphatic carbocycles. The summed E-state index contributed by atoms with van der Waals surface area (Å²) in [6.45, 7) is 4.04. The third-order valence-electron chi connectivity index (χ3n) is 3.06. The fourth-order valence-corrected chi connectivity index (χ4v) is 2.14. The molecule has 0 saturated heterocycles. The van der Waals surface area contributed by atoms with Crippen molar-refractivity contribution < 1.29 is 9.90 Å². The number of benzene rings is 1. The average Bonchev–Trinajstić information content (AvgIpc) is 2.38. The third kappa shape index (κ3) is 2.57. The van der Waals surface area contributed by atoms with Gasteiger partial charge in [0.05, 0.1) is 5.69 Å². The maximum Gasteiger partial charge on any atom is 0.356 e. The van der Waals surface area contributed by atoms with Crippen LogP contribution in [0.3, 0.4) is 0 Å². The number of hydrogen-bond donors (Lipinski definition) is 1. The summed E-state index contributed by atoms with van der Waals surface area (Å²) in [4.78, 5) is 17.0. The van der Waals surface area contributed by atoms with Gasteiger partial charge in [-0.3, -0.25) is 0 Å². The van der Waals surface area contributed by atoms with E-state index in [0.717, 1.165) is 11.3 Å². The van der Waals surface area contributed by atoms with Gasteiger partial charge in [0, 0.05) is 18.9 Å². The Morgan fingerprint density at radius 1 is 1.21 bits per heavy atom. The summed E-state index contributed by atoms with van der Waals surface area (Å²) in [5.74, 6) is -1.02. The van der Waals surface area contributed by atoms with Crippen LogP contribution in [0, 0.1) is 13.8 Å². The standard InChI is InChI=1S/C15H16N2O2/c1-10-6-7-12(11(2)9-10)17(3)13-5-4-8-16-14(13)15(18)19/h4-9H,1-3H3,(H,18,19). The lowest BCUT2D eigenvalue weighted by Gasteiger charge is -2.22. The van der Waals surface area contributed by atoms with E-state index < -0.39 is 5.97 Å². The van der Waals surface area contributed by atoms with Gasteiger partial charge in [0.2, 0.25) is 0 Å². The van der Waals surface area contributed by atoms with Gasteiger partial charge in [0.25, 0.3) is 0 Å². The first-order valence-electron chi connectivity index (χ1n) is 6.00. The molecule has 0 aliphatic rings. The highest BCUT2D eigenvalue weighted by atomic mass is 16.4. The van der Waals surface area contributed by atoms with Crippen LogP contribution in [0.25, 0.3) is 0 Å². The first-order valence-corrected chi connectivity index (χ1v) is 6.00. The molecule has 2 aromatic rings. The van der Waals surface area contributed by atoms with Gasteiger partial charge in [0.1, 0.15) is 0 Å². The van der Waals surface area contributed by atoms with E-state index >= 15 is 0 Å².